The van der Waals surface area contributed by atoms with Gasteiger partial charge in [-0.2, -0.15) is 21.6 Å². The Hall–Kier alpha value is -4.70. The van der Waals surface area contributed by atoms with Gasteiger partial charge in [0.2, 0.25) is 0 Å². The number of rotatable bonds is 6. The standard InChI is InChI=1S/C21H16ClF3N4O3.C7H8O3S.CH4O/c1-26-19(30)18-11-15(8-9-27-18)32-14-5-2-12(3-6-14)28-20(31)29-13-4-7-17(22)16(10-13)21(23,24)25;1-6-2-4-7(5-3-6)11(8,9)10;1-2/h2-11H,1H3,(H,26,30)(H2,28,29,31);2-5H,1H3,(H,8,9,10);2H,1H3. The van der Waals surface area contributed by atoms with E-state index in [4.69, 9.17) is 26.0 Å². The number of benzene rings is 3. The number of nitrogens with zero attached hydrogens (tertiary/aromatic N) is 1. The number of aliphatic hydroxyl groups excluding tert-OH is 1. The summed E-state index contributed by atoms with van der Waals surface area (Å²) in [6.07, 6.45) is -3.21. The predicted octanol–water partition coefficient (Wildman–Crippen LogP) is 6.40. The van der Waals surface area contributed by atoms with Crippen molar-refractivity contribution in [3.63, 3.8) is 0 Å². The fourth-order valence-corrected chi connectivity index (χ4v) is 4.00. The molecule has 0 saturated heterocycles. The molecular formula is C29H28ClF3N4O7S. The number of urea groups is 1. The van der Waals surface area contributed by atoms with Crippen molar-refractivity contribution in [3.05, 3.63) is 107 Å². The van der Waals surface area contributed by atoms with E-state index in [-0.39, 0.29) is 22.2 Å². The molecule has 0 fully saturated rings. The lowest BCUT2D eigenvalue weighted by molar-refractivity contribution is -0.137. The number of anilines is 2. The van der Waals surface area contributed by atoms with Crippen molar-refractivity contribution in [2.75, 3.05) is 24.8 Å². The maximum Gasteiger partial charge on any atom is 0.417 e. The first-order valence-electron chi connectivity index (χ1n) is 12.6. The Labute approximate surface area is 261 Å². The number of alkyl halides is 3. The molecule has 3 amide bonds. The van der Waals surface area contributed by atoms with Gasteiger partial charge in [-0.15, -0.1) is 0 Å². The van der Waals surface area contributed by atoms with E-state index in [9.17, 15) is 31.2 Å². The number of aromatic nitrogens is 1. The molecule has 0 spiro atoms. The van der Waals surface area contributed by atoms with Crippen molar-refractivity contribution in [2.45, 2.75) is 18.0 Å². The summed E-state index contributed by atoms with van der Waals surface area (Å²) in [4.78, 5) is 27.6. The average Bonchev–Trinajstić information content (AvgIpc) is 2.99. The quantitative estimate of drug-likeness (QED) is 0.147. The van der Waals surface area contributed by atoms with Gasteiger partial charge in [-0.25, -0.2) is 4.79 Å². The molecule has 3 aromatic carbocycles. The average molecular weight is 669 g/mol. The summed E-state index contributed by atoms with van der Waals surface area (Å²) < 4.78 is 74.0. The number of ether oxygens (including phenoxy) is 1. The molecule has 0 saturated carbocycles. The van der Waals surface area contributed by atoms with Crippen LogP contribution in [0, 0.1) is 6.92 Å². The summed E-state index contributed by atoms with van der Waals surface area (Å²) in [5.74, 6) is 0.460. The summed E-state index contributed by atoms with van der Waals surface area (Å²) in [5.41, 5.74) is 0.409. The van der Waals surface area contributed by atoms with E-state index >= 15 is 0 Å². The lowest BCUT2D eigenvalue weighted by Crippen LogP contribution is -2.19. The number of hydrogen-bond acceptors (Lipinski definition) is 7. The number of aryl methyl sites for hydroxylation is 1. The SMILES string of the molecule is CNC(=O)c1cc(Oc2ccc(NC(=O)Nc3ccc(Cl)c(C(F)(F)F)c3)cc2)ccn1.CO.Cc1ccc(S(=O)(=O)O)cc1. The summed E-state index contributed by atoms with van der Waals surface area (Å²) in [6, 6.07) is 17.6. The zero-order chi connectivity index (χ0) is 33.8. The Morgan fingerprint density at radius 3 is 2.00 bits per heavy atom. The van der Waals surface area contributed by atoms with Crippen molar-refractivity contribution >= 4 is 45.0 Å². The van der Waals surface area contributed by atoms with E-state index in [0.717, 1.165) is 24.8 Å². The highest BCUT2D eigenvalue weighted by Gasteiger charge is 2.33. The summed E-state index contributed by atoms with van der Waals surface area (Å²) >= 11 is 5.57. The van der Waals surface area contributed by atoms with Crippen LogP contribution in [0.4, 0.5) is 29.3 Å². The van der Waals surface area contributed by atoms with Crippen molar-refractivity contribution in [1.29, 1.82) is 0 Å². The maximum absolute atomic E-state index is 12.9. The number of hydrogen-bond donors (Lipinski definition) is 5. The molecule has 240 valence electrons. The molecule has 0 aliphatic rings. The lowest BCUT2D eigenvalue weighted by Gasteiger charge is -2.12. The first-order chi connectivity index (χ1) is 21.2. The first-order valence-corrected chi connectivity index (χ1v) is 14.4. The summed E-state index contributed by atoms with van der Waals surface area (Å²) in [5, 5.41) is 13.8. The maximum atomic E-state index is 12.9. The zero-order valence-electron chi connectivity index (χ0n) is 23.9. The number of aliphatic hydroxyl groups is 1. The highest BCUT2D eigenvalue weighted by molar-refractivity contribution is 7.85. The van der Waals surface area contributed by atoms with Crippen molar-refractivity contribution in [1.82, 2.24) is 10.3 Å². The molecule has 0 aliphatic carbocycles. The minimum atomic E-state index is -4.64. The second kappa shape index (κ2) is 16.4. The molecule has 4 aromatic rings. The van der Waals surface area contributed by atoms with E-state index in [0.29, 0.717) is 17.2 Å². The minimum absolute atomic E-state index is 0.0659. The van der Waals surface area contributed by atoms with Crippen molar-refractivity contribution < 1.29 is 45.6 Å². The first kappa shape index (κ1) is 36.5. The van der Waals surface area contributed by atoms with Crippen LogP contribution in [-0.2, 0) is 16.3 Å². The van der Waals surface area contributed by atoms with Crippen LogP contribution in [0.5, 0.6) is 11.5 Å². The van der Waals surface area contributed by atoms with Gasteiger partial charge in [0, 0.05) is 37.8 Å². The molecule has 0 atom stereocenters. The van der Waals surface area contributed by atoms with Crippen LogP contribution < -0.4 is 20.7 Å². The number of carbonyl (C=O) groups excluding carboxylic acids is 2. The van der Waals surface area contributed by atoms with E-state index < -0.39 is 32.9 Å². The van der Waals surface area contributed by atoms with Gasteiger partial charge >= 0.3 is 12.2 Å². The van der Waals surface area contributed by atoms with Gasteiger partial charge in [-0.1, -0.05) is 29.3 Å². The smallest absolute Gasteiger partial charge is 0.417 e. The Morgan fingerprint density at radius 2 is 1.44 bits per heavy atom. The number of halogens is 4. The molecule has 16 heteroatoms. The van der Waals surface area contributed by atoms with Crippen LogP contribution in [0.1, 0.15) is 21.6 Å². The normalized spacial score (nSPS) is 10.7. The topological polar surface area (TPSA) is 167 Å². The minimum Gasteiger partial charge on any atom is -0.457 e. The zero-order valence-corrected chi connectivity index (χ0v) is 25.5. The molecule has 1 aromatic heterocycles. The van der Waals surface area contributed by atoms with Gasteiger partial charge in [-0.3, -0.25) is 14.3 Å². The number of amides is 3. The monoisotopic (exact) mass is 668 g/mol. The summed E-state index contributed by atoms with van der Waals surface area (Å²) in [6.45, 7) is 1.84. The molecule has 1 heterocycles. The third-order valence-corrected chi connectivity index (χ3v) is 6.58. The molecular weight excluding hydrogens is 641 g/mol. The molecule has 4 rings (SSSR count). The largest absolute Gasteiger partial charge is 0.457 e. The van der Waals surface area contributed by atoms with E-state index in [1.54, 1.807) is 42.5 Å². The molecule has 5 N–H and O–H groups in total. The van der Waals surface area contributed by atoms with E-state index in [1.807, 2.05) is 6.92 Å². The van der Waals surface area contributed by atoms with Crippen LogP contribution in [0.25, 0.3) is 0 Å². The van der Waals surface area contributed by atoms with Crippen molar-refractivity contribution in [3.8, 4) is 11.5 Å². The molecule has 11 nitrogen and oxygen atoms in total. The molecule has 0 unspecified atom stereocenters. The van der Waals surface area contributed by atoms with Gasteiger partial charge in [0.15, 0.2) is 0 Å². The molecule has 0 radical (unpaired) electrons. The van der Waals surface area contributed by atoms with Crippen LogP contribution in [0.2, 0.25) is 5.02 Å². The van der Waals surface area contributed by atoms with Crippen LogP contribution >= 0.6 is 11.6 Å². The third kappa shape index (κ3) is 11.7. The molecule has 0 aliphatic heterocycles. The van der Waals surface area contributed by atoms with Gasteiger partial charge in [0.05, 0.1) is 15.5 Å². The second-order valence-corrected chi connectivity index (χ2v) is 10.5. The number of pyridine rings is 1. The van der Waals surface area contributed by atoms with Crippen LogP contribution in [-0.4, -0.2) is 49.2 Å². The Morgan fingerprint density at radius 1 is 0.867 bits per heavy atom. The van der Waals surface area contributed by atoms with Gasteiger partial charge in [0.1, 0.15) is 17.2 Å². The fourth-order valence-electron chi connectivity index (χ4n) is 3.29. The van der Waals surface area contributed by atoms with E-state index in [2.05, 4.69) is 20.9 Å². The Bertz CT molecular complexity index is 1700. The predicted molar refractivity (Wildman–Crippen MR) is 162 cm³/mol. The number of nitrogens with one attached hydrogen (secondary N) is 3. The third-order valence-electron chi connectivity index (χ3n) is 5.39. The Balaban J connectivity index is 0.000000454. The number of carbonyl (C=O) groups is 2. The van der Waals surface area contributed by atoms with Crippen molar-refractivity contribution in [2.24, 2.45) is 0 Å². The highest BCUT2D eigenvalue weighted by Crippen LogP contribution is 2.36. The van der Waals surface area contributed by atoms with Gasteiger partial charge < -0.3 is 25.8 Å². The van der Waals surface area contributed by atoms with E-state index in [1.165, 1.54) is 37.5 Å². The Kier molecular flexibility index (Phi) is 13.3. The summed E-state index contributed by atoms with van der Waals surface area (Å²) in [7, 11) is -1.53. The highest BCUT2D eigenvalue weighted by atomic mass is 35.5. The fraction of sp³-hybridized carbons (Fsp3) is 0.138. The van der Waals surface area contributed by atoms with Crippen LogP contribution in [0.3, 0.4) is 0 Å². The molecule has 0 bridgehead atoms. The second-order valence-electron chi connectivity index (χ2n) is 8.64. The molecule has 45 heavy (non-hydrogen) atoms. The lowest BCUT2D eigenvalue weighted by atomic mass is 10.2. The van der Waals surface area contributed by atoms with Crippen LogP contribution in [0.15, 0.2) is 90.0 Å². The van der Waals surface area contributed by atoms with Gasteiger partial charge in [-0.05, 0) is 67.6 Å². The van der Waals surface area contributed by atoms with Gasteiger partial charge in [0.25, 0.3) is 16.0 Å².